The van der Waals surface area contributed by atoms with E-state index in [2.05, 4.69) is 50.1 Å². The van der Waals surface area contributed by atoms with Crippen LogP contribution in [0.2, 0.25) is 0 Å². The molecule has 3 aliphatic carbocycles. The number of halogens is 21. The number of hydrogen-bond acceptors (Lipinski definition) is 21. The van der Waals surface area contributed by atoms with Crippen LogP contribution < -0.4 is 4.72 Å². The van der Waals surface area contributed by atoms with Crippen LogP contribution >= 0.6 is 0 Å². The maximum absolute atomic E-state index is 13.2. The maximum Gasteiger partial charge on any atom is 0.417 e. The number of nitrogens with one attached hydrogen (secondary N) is 1. The number of rotatable bonds is 26. The highest BCUT2D eigenvalue weighted by Gasteiger charge is 2.73. The minimum Gasteiger partial charge on any atom is -0.461 e. The van der Waals surface area contributed by atoms with Gasteiger partial charge in [-0.05, 0) is 173 Å². The molecule has 22 nitrogen and oxygen atoms in total. The second-order valence-electron chi connectivity index (χ2n) is 32.7. The van der Waals surface area contributed by atoms with Gasteiger partial charge in [0.25, 0.3) is 0 Å². The summed E-state index contributed by atoms with van der Waals surface area (Å²) in [4.78, 5) is 67.9. The minimum atomic E-state index is -5.60. The van der Waals surface area contributed by atoms with Gasteiger partial charge in [0.15, 0.2) is 33.4 Å². The van der Waals surface area contributed by atoms with E-state index in [-0.39, 0.29) is 67.1 Å². The summed E-state index contributed by atoms with van der Waals surface area (Å²) < 4.78 is 318. The summed E-state index contributed by atoms with van der Waals surface area (Å²) in [6.45, 7) is 40.0. The Kier molecular flexibility index (Phi) is 44.2. The summed E-state index contributed by atoms with van der Waals surface area (Å²) in [5, 5.41) is 78.3. The predicted molar refractivity (Wildman–Crippen MR) is 399 cm³/mol. The van der Waals surface area contributed by atoms with E-state index < -0.39 is 239 Å². The van der Waals surface area contributed by atoms with Gasteiger partial charge in [0.2, 0.25) is 0 Å². The summed E-state index contributed by atoms with van der Waals surface area (Å²) in [6.07, 6.45) is -49.0. The van der Waals surface area contributed by atoms with Gasteiger partial charge in [0, 0.05) is 98.4 Å². The van der Waals surface area contributed by atoms with E-state index in [1.807, 2.05) is 0 Å². The van der Waals surface area contributed by atoms with Gasteiger partial charge in [-0.15, -0.1) is 0 Å². The number of aliphatic hydroxyl groups excluding tert-OH is 2. The first-order valence-electron chi connectivity index (χ1n) is 36.8. The molecule has 0 saturated heterocycles. The van der Waals surface area contributed by atoms with Gasteiger partial charge in [-0.2, -0.15) is 92.2 Å². The number of alkyl halides is 21. The van der Waals surface area contributed by atoms with E-state index in [1.54, 1.807) is 48.5 Å². The van der Waals surface area contributed by atoms with Gasteiger partial charge in [-0.3, -0.25) is 4.21 Å². The van der Waals surface area contributed by atoms with Gasteiger partial charge in [0.1, 0.15) is 37.1 Å². The Morgan fingerprint density at radius 3 is 1.02 bits per heavy atom. The van der Waals surface area contributed by atoms with E-state index in [9.17, 15) is 166 Å². The molecular formula is C77H116F21NO21S. The van der Waals surface area contributed by atoms with Crippen LogP contribution in [-0.4, -0.2) is 226 Å². The zero-order valence-electron chi connectivity index (χ0n) is 70.4. The third-order valence-electron chi connectivity index (χ3n) is 19.5. The molecule has 15 unspecified atom stereocenters. The molecule has 0 spiro atoms. The Hall–Kier alpha value is -6.55. The number of hydrogen-bond donors (Lipinski definition) is 9. The normalized spacial score (nSPS) is 24.1. The molecule has 121 heavy (non-hydrogen) atoms. The van der Waals surface area contributed by atoms with Gasteiger partial charge < -0.3 is 69.3 Å². The molecule has 15 atom stereocenters. The molecule has 0 heterocycles. The van der Waals surface area contributed by atoms with Crippen molar-refractivity contribution in [3.8, 4) is 0 Å². The van der Waals surface area contributed by atoms with Crippen molar-refractivity contribution in [2.24, 2.45) is 40.9 Å². The Labute approximate surface area is 689 Å². The Balaban J connectivity index is -0.00000141. The summed E-state index contributed by atoms with van der Waals surface area (Å²) in [5.74, 6) is -11.0. The first-order chi connectivity index (χ1) is 53.4. The van der Waals surface area contributed by atoms with Gasteiger partial charge in [-0.25, -0.2) is 33.5 Å². The van der Waals surface area contributed by atoms with Crippen LogP contribution in [0.15, 0.2) is 72.9 Å². The molecule has 0 amide bonds. The molecule has 708 valence electrons. The summed E-state index contributed by atoms with van der Waals surface area (Å²) in [6, 6.07) is 0. The highest BCUT2D eigenvalue weighted by Crippen LogP contribution is 2.59. The second kappa shape index (κ2) is 45.0. The lowest BCUT2D eigenvalue weighted by Crippen LogP contribution is -2.63. The zero-order valence-corrected chi connectivity index (χ0v) is 71.2. The Morgan fingerprint density at radius 1 is 0.421 bits per heavy atom. The molecule has 44 heteroatoms. The number of aliphatic hydroxyl groups is 8. The lowest BCUT2D eigenvalue weighted by molar-refractivity contribution is -0.362. The van der Waals surface area contributed by atoms with Crippen molar-refractivity contribution in [1.82, 2.24) is 4.72 Å². The van der Waals surface area contributed by atoms with Gasteiger partial charge >= 0.3 is 79.0 Å². The zero-order chi connectivity index (χ0) is 97.1. The van der Waals surface area contributed by atoms with Crippen LogP contribution in [-0.2, 0) is 66.9 Å². The van der Waals surface area contributed by atoms with Crippen LogP contribution in [0.5, 0.6) is 0 Å². The molecule has 0 aromatic carbocycles. The number of carbonyl (C=O) groups is 6. The smallest absolute Gasteiger partial charge is 0.417 e. The van der Waals surface area contributed by atoms with Crippen molar-refractivity contribution >= 4 is 51.4 Å². The van der Waals surface area contributed by atoms with Gasteiger partial charge in [0.05, 0.1) is 17.8 Å². The van der Waals surface area contributed by atoms with E-state index in [4.69, 9.17) is 28.4 Å². The van der Waals surface area contributed by atoms with Crippen molar-refractivity contribution in [2.75, 3.05) is 19.4 Å². The van der Waals surface area contributed by atoms with Crippen molar-refractivity contribution < 1.29 is 194 Å². The molecule has 3 rings (SSSR count). The highest BCUT2D eigenvalue weighted by molar-refractivity contribution is 7.97. The van der Waals surface area contributed by atoms with Crippen molar-refractivity contribution in [3.05, 3.63) is 72.9 Å². The molecular weight excluding hydrogens is 1710 g/mol. The average molecular weight is 1820 g/mol. The topological polar surface area (TPSA) is 349 Å². The SMILES string of the molecule is C=C(C)C(=O)OC(C)CC(C)(C)O.C=C(C)C(=O)OC(CC(C)C)CC(C)(O)C(F)(F)F.C=C(C)C(=O)OC1CC(C(C)(O)C(F)(F)F)C(O)C(C(C)(O)C(F)(F)F)C1.C=C(C)C(=O)OC1CC(C(C)(O)C(F)(F)F)CC(C(C)(O)C(F)(F)F)C1.C=C(C)C(=O)OC1CCC(O)C(C(C)(C(F)(F)F)C(F)(F)F)C1.C=C(C)C(=O)OCCNS(=C)(C)=O. The molecule has 9 N–H and O–H groups in total. The maximum atomic E-state index is 13.2. The third-order valence-corrected chi connectivity index (χ3v) is 20.3. The summed E-state index contributed by atoms with van der Waals surface area (Å²) in [5.41, 5.74) is -20.9. The number of esters is 6. The summed E-state index contributed by atoms with van der Waals surface area (Å²) >= 11 is 0. The molecule has 0 aromatic rings. The third kappa shape index (κ3) is 37.7. The van der Waals surface area contributed by atoms with Crippen LogP contribution in [0, 0.1) is 40.9 Å². The predicted octanol–water partition coefficient (Wildman–Crippen LogP) is 14.6. The molecule has 3 aliphatic rings. The summed E-state index contributed by atoms with van der Waals surface area (Å²) in [7, 11) is -2.21. The molecule has 0 aliphatic heterocycles. The van der Waals surface area contributed by atoms with Crippen molar-refractivity contribution in [2.45, 2.75) is 308 Å². The van der Waals surface area contributed by atoms with E-state index in [1.165, 1.54) is 34.0 Å². The van der Waals surface area contributed by atoms with Crippen LogP contribution in [0.1, 0.15) is 188 Å². The van der Waals surface area contributed by atoms with E-state index in [0.29, 0.717) is 58.7 Å². The molecule has 0 radical (unpaired) electrons. The van der Waals surface area contributed by atoms with Crippen LogP contribution in [0.25, 0.3) is 0 Å². The quantitative estimate of drug-likeness (QED) is 0.00970. The average Bonchev–Trinajstić information content (AvgIpc) is 0.749. The second-order valence-corrected chi connectivity index (χ2v) is 35.0. The molecule has 3 fully saturated rings. The number of ether oxygens (including phenoxy) is 6. The molecule has 0 bridgehead atoms. The Bertz CT molecular complexity index is 3520. The van der Waals surface area contributed by atoms with E-state index in [0.717, 1.165) is 0 Å². The van der Waals surface area contributed by atoms with Crippen LogP contribution in [0.3, 0.4) is 0 Å². The first-order valence-corrected chi connectivity index (χ1v) is 38.9. The van der Waals surface area contributed by atoms with Crippen LogP contribution in [0.4, 0.5) is 92.2 Å². The largest absolute Gasteiger partial charge is 0.461 e. The fraction of sp³-hybridized carbons (Fsp3) is 0.753. The van der Waals surface area contributed by atoms with Crippen molar-refractivity contribution in [1.29, 1.82) is 0 Å². The Morgan fingerprint density at radius 2 is 0.736 bits per heavy atom. The lowest BCUT2D eigenvalue weighted by Gasteiger charge is -2.49. The first kappa shape index (κ1) is 119. The minimum absolute atomic E-state index is 0.0114. The van der Waals surface area contributed by atoms with Gasteiger partial charge in [-0.1, -0.05) is 53.3 Å². The fourth-order valence-electron chi connectivity index (χ4n) is 11.8. The number of carbonyl (C=O) groups excluding carboxylic acids is 6. The standard InChI is InChI=1S/C16H22F6O5.C16H22F6O4.C14H18F6O3.C13H21F3O3.C10H18O3.C8H15NO3S/c1-7(2)12(24)27-8-5-9(13(3,25)15(17,18)19)11(23)10(6-8)14(4,26)16(20,21)22;1-8(2)12(23)26-11-6-9(13(3,24)15(17,18)19)5-10(7-11)14(4,25)16(20,21)22;1-7(2)11(22)23-8-4-5-10(21)9(6-8)12(3,13(15,16)17)14(18,19)20;1-8(2)6-10(19-11(17)9(3)4)7-12(5,18)13(14,15)16;1-7(2)9(11)13-8(3)6-10(4,5)12;1-7(2)8(10)12-6-5-9-13(3,4)11/h8-11,23,25-26H,1,5-6H2,2-4H3;9-11,24-25H,1,5-7H2,2-4H3;8-10,21H,1,4-6H2,2-3H3;8,10,18H,3,6-7H2,1-2,4-5H3;8,12H,1,6H2,2-5H3;1,3,5-6H2,2,4H3,(H,9,11). The monoisotopic (exact) mass is 1820 g/mol. The highest BCUT2D eigenvalue weighted by atomic mass is 32.2. The van der Waals surface area contributed by atoms with Crippen molar-refractivity contribution in [3.63, 3.8) is 0 Å². The lowest BCUT2D eigenvalue weighted by atomic mass is 9.65. The fourth-order valence-corrected chi connectivity index (χ4v) is 12.4. The molecule has 3 saturated carbocycles. The van der Waals surface area contributed by atoms with E-state index >= 15 is 0 Å². The molecule has 0 aromatic heterocycles.